The molecule has 0 amide bonds. The van der Waals surface area contributed by atoms with Gasteiger partial charge in [0.2, 0.25) is 0 Å². The van der Waals surface area contributed by atoms with Crippen LogP contribution in [-0.4, -0.2) is 24.3 Å². The van der Waals surface area contributed by atoms with Crippen molar-refractivity contribution in [3.05, 3.63) is 59.2 Å². The molecule has 2 aromatic rings. The molecule has 0 radical (unpaired) electrons. The number of aliphatic hydroxyl groups excluding tert-OH is 1. The fourth-order valence-corrected chi connectivity index (χ4v) is 3.34. The Labute approximate surface area is 151 Å². The summed E-state index contributed by atoms with van der Waals surface area (Å²) in [4.78, 5) is 2.12. The van der Waals surface area contributed by atoms with Crippen LogP contribution in [0.3, 0.4) is 0 Å². The summed E-state index contributed by atoms with van der Waals surface area (Å²) in [6.45, 7) is 3.23. The van der Waals surface area contributed by atoms with E-state index in [9.17, 15) is 19.1 Å². The first-order valence-electron chi connectivity index (χ1n) is 8.67. The third-order valence-corrected chi connectivity index (χ3v) is 4.76. The van der Waals surface area contributed by atoms with Gasteiger partial charge in [0, 0.05) is 24.3 Å². The van der Waals surface area contributed by atoms with Crippen LogP contribution >= 0.6 is 0 Å². The summed E-state index contributed by atoms with van der Waals surface area (Å²) in [6.07, 6.45) is 1.04. The van der Waals surface area contributed by atoms with E-state index in [1.807, 2.05) is 13.0 Å². The molecule has 0 saturated carbocycles. The standard InChI is InChI=1S/C20H21F2N3O/c1-13(24-19-4-2-3-18(22)17(19)12-23)16-11-14(21)5-6-20(16)25-9-7-15(26)8-10-25/h2-6,11,13,15,24,26H,7-10H2,1H3. The second-order valence-electron chi connectivity index (χ2n) is 6.56. The van der Waals surface area contributed by atoms with E-state index in [0.717, 1.165) is 11.3 Å². The number of halogens is 2. The van der Waals surface area contributed by atoms with Crippen LogP contribution in [0.1, 0.15) is 36.9 Å². The van der Waals surface area contributed by atoms with Crippen molar-refractivity contribution in [2.24, 2.45) is 0 Å². The van der Waals surface area contributed by atoms with Crippen molar-refractivity contribution >= 4 is 11.4 Å². The molecule has 1 aliphatic heterocycles. The number of nitriles is 1. The van der Waals surface area contributed by atoms with Crippen molar-refractivity contribution in [3.8, 4) is 6.07 Å². The number of piperidine rings is 1. The number of nitrogens with zero attached hydrogens (tertiary/aromatic N) is 2. The van der Waals surface area contributed by atoms with Gasteiger partial charge in [0.25, 0.3) is 0 Å². The molecule has 0 aromatic heterocycles. The molecular weight excluding hydrogens is 336 g/mol. The highest BCUT2D eigenvalue weighted by molar-refractivity contribution is 5.62. The minimum Gasteiger partial charge on any atom is -0.393 e. The molecule has 0 bridgehead atoms. The molecular formula is C20H21F2N3O. The number of hydrogen-bond donors (Lipinski definition) is 2. The van der Waals surface area contributed by atoms with Crippen LogP contribution in [0.5, 0.6) is 0 Å². The molecule has 0 spiro atoms. The van der Waals surface area contributed by atoms with Crippen molar-refractivity contribution in [1.82, 2.24) is 0 Å². The van der Waals surface area contributed by atoms with E-state index in [1.54, 1.807) is 12.1 Å². The molecule has 26 heavy (non-hydrogen) atoms. The zero-order chi connectivity index (χ0) is 18.7. The summed E-state index contributed by atoms with van der Waals surface area (Å²) in [5, 5.41) is 22.0. The number of hydrogen-bond acceptors (Lipinski definition) is 4. The maximum absolute atomic E-state index is 13.9. The first kappa shape index (κ1) is 18.2. The first-order chi connectivity index (χ1) is 12.5. The highest BCUT2D eigenvalue weighted by atomic mass is 19.1. The molecule has 1 heterocycles. The second-order valence-corrected chi connectivity index (χ2v) is 6.56. The fourth-order valence-electron chi connectivity index (χ4n) is 3.34. The minimum absolute atomic E-state index is 0.0570. The zero-order valence-electron chi connectivity index (χ0n) is 14.5. The zero-order valence-corrected chi connectivity index (χ0v) is 14.5. The van der Waals surface area contributed by atoms with Crippen LogP contribution in [0.25, 0.3) is 0 Å². The van der Waals surface area contributed by atoms with Crippen LogP contribution in [0, 0.1) is 23.0 Å². The van der Waals surface area contributed by atoms with Gasteiger partial charge < -0.3 is 15.3 Å². The average Bonchev–Trinajstić information content (AvgIpc) is 2.63. The van der Waals surface area contributed by atoms with Crippen molar-refractivity contribution in [2.75, 3.05) is 23.3 Å². The van der Waals surface area contributed by atoms with E-state index in [-0.39, 0.29) is 23.5 Å². The molecule has 6 heteroatoms. The largest absolute Gasteiger partial charge is 0.393 e. The lowest BCUT2D eigenvalue weighted by Crippen LogP contribution is -2.36. The molecule has 1 fully saturated rings. The van der Waals surface area contributed by atoms with Crippen molar-refractivity contribution < 1.29 is 13.9 Å². The summed E-state index contributed by atoms with van der Waals surface area (Å²) < 4.78 is 27.7. The van der Waals surface area contributed by atoms with Gasteiger partial charge in [0.05, 0.1) is 17.8 Å². The van der Waals surface area contributed by atoms with E-state index in [2.05, 4.69) is 10.2 Å². The van der Waals surface area contributed by atoms with Crippen LogP contribution in [0.2, 0.25) is 0 Å². The molecule has 136 valence electrons. The Bertz CT molecular complexity index is 826. The monoisotopic (exact) mass is 357 g/mol. The topological polar surface area (TPSA) is 59.3 Å². The molecule has 1 unspecified atom stereocenters. The quantitative estimate of drug-likeness (QED) is 0.869. The summed E-state index contributed by atoms with van der Waals surface area (Å²) in [6, 6.07) is 10.5. The molecule has 2 N–H and O–H groups in total. The van der Waals surface area contributed by atoms with E-state index in [4.69, 9.17) is 0 Å². The second kappa shape index (κ2) is 7.71. The van der Waals surface area contributed by atoms with E-state index in [1.165, 1.54) is 24.3 Å². The summed E-state index contributed by atoms with van der Waals surface area (Å²) in [7, 11) is 0. The molecule has 2 aromatic carbocycles. The maximum atomic E-state index is 13.9. The van der Waals surface area contributed by atoms with E-state index >= 15 is 0 Å². The van der Waals surface area contributed by atoms with Gasteiger partial charge in [0.15, 0.2) is 0 Å². The Morgan fingerprint density at radius 1 is 1.23 bits per heavy atom. The maximum Gasteiger partial charge on any atom is 0.143 e. The molecule has 0 aliphatic carbocycles. The van der Waals surface area contributed by atoms with Gasteiger partial charge in [-0.2, -0.15) is 5.26 Å². The Balaban J connectivity index is 1.90. The third-order valence-electron chi connectivity index (χ3n) is 4.76. The van der Waals surface area contributed by atoms with Gasteiger partial charge in [-0.25, -0.2) is 8.78 Å². The SMILES string of the molecule is CC(Nc1cccc(F)c1C#N)c1cc(F)ccc1N1CCC(O)CC1. The lowest BCUT2D eigenvalue weighted by molar-refractivity contribution is 0.145. The fraction of sp³-hybridized carbons (Fsp3) is 0.350. The number of rotatable bonds is 4. The molecule has 1 atom stereocenters. The molecule has 1 aliphatic rings. The highest BCUT2D eigenvalue weighted by Gasteiger charge is 2.22. The van der Waals surface area contributed by atoms with Gasteiger partial charge in [-0.05, 0) is 50.1 Å². The molecule has 3 rings (SSSR count). The Morgan fingerprint density at radius 3 is 2.65 bits per heavy atom. The Hall–Kier alpha value is -2.65. The highest BCUT2D eigenvalue weighted by Crippen LogP contribution is 2.32. The average molecular weight is 357 g/mol. The predicted octanol–water partition coefficient (Wildman–Crippen LogP) is 3.97. The number of aliphatic hydroxyl groups is 1. The summed E-state index contributed by atoms with van der Waals surface area (Å²) >= 11 is 0. The van der Waals surface area contributed by atoms with Gasteiger partial charge >= 0.3 is 0 Å². The van der Waals surface area contributed by atoms with Gasteiger partial charge in [-0.1, -0.05) is 6.07 Å². The van der Waals surface area contributed by atoms with Crippen LogP contribution in [0.15, 0.2) is 36.4 Å². The normalized spacial score (nSPS) is 16.2. The van der Waals surface area contributed by atoms with Crippen LogP contribution in [-0.2, 0) is 0 Å². The van der Waals surface area contributed by atoms with E-state index < -0.39 is 5.82 Å². The Kier molecular flexibility index (Phi) is 5.38. The molecule has 1 saturated heterocycles. The van der Waals surface area contributed by atoms with Gasteiger partial charge in [-0.3, -0.25) is 0 Å². The van der Waals surface area contributed by atoms with Gasteiger partial charge in [0.1, 0.15) is 23.3 Å². The molecule has 4 nitrogen and oxygen atoms in total. The van der Waals surface area contributed by atoms with Crippen LogP contribution in [0.4, 0.5) is 20.2 Å². The van der Waals surface area contributed by atoms with E-state index in [0.29, 0.717) is 31.6 Å². The number of benzene rings is 2. The third kappa shape index (κ3) is 3.78. The minimum atomic E-state index is -0.589. The Morgan fingerprint density at radius 2 is 1.96 bits per heavy atom. The lowest BCUT2D eigenvalue weighted by atomic mass is 10.0. The number of anilines is 2. The predicted molar refractivity (Wildman–Crippen MR) is 97.0 cm³/mol. The lowest BCUT2D eigenvalue weighted by Gasteiger charge is -2.34. The van der Waals surface area contributed by atoms with Crippen molar-refractivity contribution in [1.29, 1.82) is 5.26 Å². The summed E-state index contributed by atoms with van der Waals surface area (Å²) in [5.74, 6) is -0.941. The summed E-state index contributed by atoms with van der Waals surface area (Å²) in [5.41, 5.74) is 1.94. The number of nitrogens with one attached hydrogen (secondary N) is 1. The van der Waals surface area contributed by atoms with Crippen molar-refractivity contribution in [2.45, 2.75) is 31.9 Å². The van der Waals surface area contributed by atoms with Gasteiger partial charge in [-0.15, -0.1) is 0 Å². The van der Waals surface area contributed by atoms with Crippen LogP contribution < -0.4 is 10.2 Å². The first-order valence-corrected chi connectivity index (χ1v) is 8.67. The smallest absolute Gasteiger partial charge is 0.143 e. The van der Waals surface area contributed by atoms with Crippen molar-refractivity contribution in [3.63, 3.8) is 0 Å².